The number of hydrogen-bond acceptors (Lipinski definition) is 2. The van der Waals surface area contributed by atoms with E-state index in [2.05, 4.69) is 31.9 Å². The van der Waals surface area contributed by atoms with Crippen LogP contribution in [0, 0.1) is 0 Å². The minimum absolute atomic E-state index is 0.451. The molecule has 1 N–H and O–H groups in total. The maximum atomic E-state index is 10.1. The molecule has 1 nitrogen and oxygen atoms in total. The molecule has 84 valence electrons. The summed E-state index contributed by atoms with van der Waals surface area (Å²) < 4.78 is 1.95. The van der Waals surface area contributed by atoms with Crippen LogP contribution in [-0.4, -0.2) is 5.11 Å². The highest BCUT2D eigenvalue weighted by atomic mass is 79.9. The first-order valence-corrected chi connectivity index (χ1v) is 7.28. The second-order valence-electron chi connectivity index (χ2n) is 3.50. The Morgan fingerprint density at radius 3 is 2.44 bits per heavy atom. The normalized spacial score (nSPS) is 12.7. The first-order chi connectivity index (χ1) is 7.65. The van der Waals surface area contributed by atoms with E-state index in [-0.39, 0.29) is 0 Å². The van der Waals surface area contributed by atoms with Crippen molar-refractivity contribution in [1.82, 2.24) is 0 Å². The zero-order valence-corrected chi connectivity index (χ0v) is 12.3. The molecule has 0 aliphatic rings. The third kappa shape index (κ3) is 3.17. The highest BCUT2D eigenvalue weighted by Crippen LogP contribution is 2.27. The van der Waals surface area contributed by atoms with Crippen LogP contribution in [0.2, 0.25) is 0 Å². The van der Waals surface area contributed by atoms with Gasteiger partial charge in [0.15, 0.2) is 0 Å². The van der Waals surface area contributed by atoms with Gasteiger partial charge < -0.3 is 5.11 Å². The molecule has 1 aromatic carbocycles. The van der Waals surface area contributed by atoms with E-state index >= 15 is 0 Å². The van der Waals surface area contributed by atoms with Gasteiger partial charge in [0.25, 0.3) is 0 Å². The van der Waals surface area contributed by atoms with Crippen molar-refractivity contribution in [3.63, 3.8) is 0 Å². The van der Waals surface area contributed by atoms with Gasteiger partial charge >= 0.3 is 0 Å². The van der Waals surface area contributed by atoms with Crippen LogP contribution < -0.4 is 0 Å². The van der Waals surface area contributed by atoms with Crippen LogP contribution in [-0.2, 0) is 6.42 Å². The number of thiophene rings is 1. The van der Waals surface area contributed by atoms with Gasteiger partial charge in [-0.3, -0.25) is 0 Å². The smallest absolute Gasteiger partial charge is 0.0839 e. The molecule has 0 saturated heterocycles. The summed E-state index contributed by atoms with van der Waals surface area (Å²) in [6, 6.07) is 9.90. The molecule has 1 aromatic heterocycles. The second-order valence-corrected chi connectivity index (χ2v) is 6.37. The van der Waals surface area contributed by atoms with Gasteiger partial charge in [-0.05, 0) is 35.2 Å². The van der Waals surface area contributed by atoms with E-state index in [1.165, 1.54) is 4.88 Å². The van der Waals surface area contributed by atoms with Crippen LogP contribution in [0.3, 0.4) is 0 Å². The maximum Gasteiger partial charge on any atom is 0.0839 e. The summed E-state index contributed by atoms with van der Waals surface area (Å²) >= 11 is 8.51. The molecule has 0 spiro atoms. The molecule has 1 heterocycles. The largest absolute Gasteiger partial charge is 0.388 e. The summed E-state index contributed by atoms with van der Waals surface area (Å²) in [5, 5.41) is 12.1. The predicted octanol–water partition coefficient (Wildman–Crippen LogP) is 4.55. The zero-order valence-electron chi connectivity index (χ0n) is 8.36. The fourth-order valence-electron chi connectivity index (χ4n) is 1.50. The van der Waals surface area contributed by atoms with Crippen molar-refractivity contribution in [2.75, 3.05) is 0 Å². The molecule has 0 bridgehead atoms. The fourth-order valence-corrected chi connectivity index (χ4v) is 3.58. The molecule has 0 amide bonds. The van der Waals surface area contributed by atoms with Gasteiger partial charge in [-0.2, -0.15) is 0 Å². The van der Waals surface area contributed by atoms with Crippen molar-refractivity contribution < 1.29 is 5.11 Å². The first kappa shape index (κ1) is 12.3. The van der Waals surface area contributed by atoms with Gasteiger partial charge in [-0.15, -0.1) is 11.3 Å². The summed E-state index contributed by atoms with van der Waals surface area (Å²) in [5.74, 6) is 0. The molecule has 16 heavy (non-hydrogen) atoms. The van der Waals surface area contributed by atoms with E-state index in [4.69, 9.17) is 0 Å². The molecule has 1 atom stereocenters. The molecular weight excluding hydrogens is 352 g/mol. The number of aliphatic hydroxyl groups is 1. The molecule has 4 heteroatoms. The maximum absolute atomic E-state index is 10.1. The van der Waals surface area contributed by atoms with Gasteiger partial charge in [0.2, 0.25) is 0 Å². The molecule has 0 saturated carbocycles. The van der Waals surface area contributed by atoms with E-state index in [1.807, 2.05) is 35.7 Å². The van der Waals surface area contributed by atoms with E-state index in [0.717, 1.165) is 14.5 Å². The Bertz CT molecular complexity index is 448. The van der Waals surface area contributed by atoms with Crippen molar-refractivity contribution in [2.45, 2.75) is 12.5 Å². The molecule has 2 aromatic rings. The third-order valence-corrected chi connectivity index (χ3v) is 4.06. The minimum Gasteiger partial charge on any atom is -0.388 e. The number of halogens is 2. The summed E-state index contributed by atoms with van der Waals surface area (Å²) in [4.78, 5) is 1.20. The lowest BCUT2D eigenvalue weighted by Gasteiger charge is -2.10. The van der Waals surface area contributed by atoms with Gasteiger partial charge in [0.1, 0.15) is 0 Å². The topological polar surface area (TPSA) is 20.2 Å². The van der Waals surface area contributed by atoms with Crippen molar-refractivity contribution in [2.24, 2.45) is 0 Å². The van der Waals surface area contributed by atoms with E-state index in [9.17, 15) is 5.11 Å². The third-order valence-electron chi connectivity index (χ3n) is 2.24. The van der Waals surface area contributed by atoms with Crippen molar-refractivity contribution in [3.8, 4) is 0 Å². The monoisotopic (exact) mass is 360 g/mol. The predicted molar refractivity (Wildman–Crippen MR) is 74.8 cm³/mol. The van der Waals surface area contributed by atoms with E-state index < -0.39 is 6.10 Å². The summed E-state index contributed by atoms with van der Waals surface area (Å²) in [6.45, 7) is 0. The molecule has 0 fully saturated rings. The average Bonchev–Trinajstić information content (AvgIpc) is 2.68. The minimum atomic E-state index is -0.451. The lowest BCUT2D eigenvalue weighted by Crippen LogP contribution is -2.00. The number of rotatable bonds is 3. The molecule has 1 unspecified atom stereocenters. The highest BCUT2D eigenvalue weighted by molar-refractivity contribution is 9.11. The summed E-state index contributed by atoms with van der Waals surface area (Å²) in [5.41, 5.74) is 0.926. The first-order valence-electron chi connectivity index (χ1n) is 4.81. The van der Waals surface area contributed by atoms with Gasteiger partial charge in [0.05, 0.1) is 6.10 Å². The Labute approximate surface area is 115 Å². The highest BCUT2D eigenvalue weighted by Gasteiger charge is 2.10. The second kappa shape index (κ2) is 5.45. The van der Waals surface area contributed by atoms with E-state index in [0.29, 0.717) is 6.42 Å². The number of benzene rings is 1. The molecule has 2 rings (SSSR count). The fraction of sp³-hybridized carbons (Fsp3) is 0.167. The lowest BCUT2D eigenvalue weighted by molar-refractivity contribution is 0.179. The standard InChI is InChI=1S/C12H10Br2OS/c13-9-4-8(5-10(14)6-9)12(15)7-11-2-1-3-16-11/h1-6,12,15H,7H2. The van der Waals surface area contributed by atoms with Crippen LogP contribution in [0.1, 0.15) is 16.5 Å². The number of aliphatic hydroxyl groups excluding tert-OH is 1. The Kier molecular flexibility index (Phi) is 4.19. The Balaban J connectivity index is 2.17. The average molecular weight is 362 g/mol. The van der Waals surface area contributed by atoms with Gasteiger partial charge in [-0.25, -0.2) is 0 Å². The van der Waals surface area contributed by atoms with Crippen LogP contribution in [0.15, 0.2) is 44.7 Å². The van der Waals surface area contributed by atoms with Gasteiger partial charge in [0, 0.05) is 20.2 Å². The summed E-state index contributed by atoms with van der Waals surface area (Å²) in [7, 11) is 0. The van der Waals surface area contributed by atoms with Crippen molar-refractivity contribution in [1.29, 1.82) is 0 Å². The molecule has 0 aliphatic heterocycles. The number of hydrogen-bond donors (Lipinski definition) is 1. The SMILES string of the molecule is OC(Cc1cccs1)c1cc(Br)cc(Br)c1. The quantitative estimate of drug-likeness (QED) is 0.850. The Hall–Kier alpha value is -0.160. The Morgan fingerprint density at radius 2 is 1.88 bits per heavy atom. The van der Waals surface area contributed by atoms with Crippen LogP contribution in [0.25, 0.3) is 0 Å². The summed E-state index contributed by atoms with van der Waals surface area (Å²) in [6.07, 6.45) is 0.216. The van der Waals surface area contributed by atoms with Gasteiger partial charge in [-0.1, -0.05) is 37.9 Å². The van der Waals surface area contributed by atoms with Crippen molar-refractivity contribution >= 4 is 43.2 Å². The van der Waals surface area contributed by atoms with Crippen LogP contribution >= 0.6 is 43.2 Å². The zero-order chi connectivity index (χ0) is 11.5. The molecule has 0 aliphatic carbocycles. The van der Waals surface area contributed by atoms with Crippen LogP contribution in [0.5, 0.6) is 0 Å². The lowest BCUT2D eigenvalue weighted by atomic mass is 10.1. The van der Waals surface area contributed by atoms with Crippen molar-refractivity contribution in [3.05, 3.63) is 55.1 Å². The molecular formula is C12H10Br2OS. The Morgan fingerprint density at radius 1 is 1.19 bits per heavy atom. The van der Waals surface area contributed by atoms with Crippen LogP contribution in [0.4, 0.5) is 0 Å². The van der Waals surface area contributed by atoms with E-state index in [1.54, 1.807) is 11.3 Å². The molecule has 0 radical (unpaired) electrons.